The fourth-order valence-electron chi connectivity index (χ4n) is 1.95. The van der Waals surface area contributed by atoms with Crippen LogP contribution in [0.3, 0.4) is 0 Å². The summed E-state index contributed by atoms with van der Waals surface area (Å²) in [6, 6.07) is 7.98. The highest BCUT2D eigenvalue weighted by Gasteiger charge is 2.28. The molecule has 3 rings (SSSR count). The van der Waals surface area contributed by atoms with Crippen LogP contribution in [-0.4, -0.2) is 17.2 Å². The van der Waals surface area contributed by atoms with Gasteiger partial charge in [-0.1, -0.05) is 23.4 Å². The zero-order valence-electron chi connectivity index (χ0n) is 9.51. The van der Waals surface area contributed by atoms with Crippen molar-refractivity contribution in [3.8, 4) is 5.75 Å². The lowest BCUT2D eigenvalue weighted by molar-refractivity contribution is 0.183. The zero-order valence-corrected chi connectivity index (χ0v) is 9.51. The van der Waals surface area contributed by atoms with Crippen LogP contribution in [0.25, 0.3) is 0 Å². The number of para-hydroxylation sites is 1. The molecule has 5 heteroatoms. The van der Waals surface area contributed by atoms with Crippen LogP contribution in [0.1, 0.15) is 23.4 Å². The molecule has 5 nitrogen and oxygen atoms in total. The molecule has 1 aromatic heterocycles. The van der Waals surface area contributed by atoms with Gasteiger partial charge < -0.3 is 14.6 Å². The highest BCUT2D eigenvalue weighted by atomic mass is 16.5. The SMILES string of the molecule is CNCc1noc(C2Cc3ccccc3O2)n1. The number of fused-ring (bicyclic) bond motifs is 1. The lowest BCUT2D eigenvalue weighted by atomic mass is 10.1. The van der Waals surface area contributed by atoms with Crippen LogP contribution in [0, 0.1) is 0 Å². The second kappa shape index (κ2) is 4.18. The fourth-order valence-corrected chi connectivity index (χ4v) is 1.95. The van der Waals surface area contributed by atoms with E-state index in [1.54, 1.807) is 0 Å². The van der Waals surface area contributed by atoms with Gasteiger partial charge in [0.25, 0.3) is 5.89 Å². The van der Waals surface area contributed by atoms with Gasteiger partial charge in [0.05, 0.1) is 6.54 Å². The molecular formula is C12H13N3O2. The van der Waals surface area contributed by atoms with Crippen molar-refractivity contribution in [2.24, 2.45) is 0 Å². The van der Waals surface area contributed by atoms with Crippen molar-refractivity contribution in [1.29, 1.82) is 0 Å². The molecule has 1 aliphatic heterocycles. The van der Waals surface area contributed by atoms with E-state index >= 15 is 0 Å². The molecule has 0 saturated heterocycles. The molecule has 1 unspecified atom stereocenters. The first kappa shape index (κ1) is 10.3. The molecule has 0 radical (unpaired) electrons. The highest BCUT2D eigenvalue weighted by Crippen LogP contribution is 2.35. The monoisotopic (exact) mass is 231 g/mol. The summed E-state index contributed by atoms with van der Waals surface area (Å²) >= 11 is 0. The van der Waals surface area contributed by atoms with E-state index in [1.807, 2.05) is 25.2 Å². The van der Waals surface area contributed by atoms with Gasteiger partial charge >= 0.3 is 0 Å². The first-order chi connectivity index (χ1) is 8.36. The summed E-state index contributed by atoms with van der Waals surface area (Å²) < 4.78 is 11.0. The summed E-state index contributed by atoms with van der Waals surface area (Å²) in [5, 5.41) is 6.86. The van der Waals surface area contributed by atoms with Crippen molar-refractivity contribution in [1.82, 2.24) is 15.5 Å². The number of hydrogen-bond acceptors (Lipinski definition) is 5. The molecule has 0 spiro atoms. The molecule has 1 aliphatic rings. The summed E-state index contributed by atoms with van der Waals surface area (Å²) in [5.41, 5.74) is 1.19. The Morgan fingerprint density at radius 1 is 1.41 bits per heavy atom. The average Bonchev–Trinajstić information content (AvgIpc) is 2.94. The topological polar surface area (TPSA) is 60.2 Å². The van der Waals surface area contributed by atoms with Gasteiger partial charge in [0.15, 0.2) is 11.9 Å². The van der Waals surface area contributed by atoms with Gasteiger partial charge in [0, 0.05) is 6.42 Å². The summed E-state index contributed by atoms with van der Waals surface area (Å²) in [6.07, 6.45) is 0.641. The molecule has 2 aromatic rings. The molecule has 0 aliphatic carbocycles. The normalized spacial score (nSPS) is 17.8. The molecular weight excluding hydrogens is 218 g/mol. The summed E-state index contributed by atoms with van der Waals surface area (Å²) in [6.45, 7) is 0.600. The Kier molecular flexibility index (Phi) is 2.53. The molecule has 1 N–H and O–H groups in total. The van der Waals surface area contributed by atoms with Crippen LogP contribution in [0.2, 0.25) is 0 Å². The molecule has 2 heterocycles. The smallest absolute Gasteiger partial charge is 0.268 e. The minimum Gasteiger partial charge on any atom is -0.480 e. The number of aromatic nitrogens is 2. The van der Waals surface area contributed by atoms with Gasteiger partial charge in [0.1, 0.15) is 5.75 Å². The van der Waals surface area contributed by atoms with E-state index < -0.39 is 0 Å². The van der Waals surface area contributed by atoms with Crippen molar-refractivity contribution >= 4 is 0 Å². The minimum absolute atomic E-state index is 0.148. The molecule has 17 heavy (non-hydrogen) atoms. The largest absolute Gasteiger partial charge is 0.480 e. The predicted molar refractivity (Wildman–Crippen MR) is 60.6 cm³/mol. The van der Waals surface area contributed by atoms with Crippen LogP contribution in [-0.2, 0) is 13.0 Å². The molecule has 0 amide bonds. The number of nitrogens with one attached hydrogen (secondary N) is 1. The third-order valence-corrected chi connectivity index (χ3v) is 2.74. The first-order valence-corrected chi connectivity index (χ1v) is 5.58. The van der Waals surface area contributed by atoms with Crippen LogP contribution >= 0.6 is 0 Å². The standard InChI is InChI=1S/C12H13N3O2/c1-13-7-11-14-12(17-15-11)10-6-8-4-2-3-5-9(8)16-10/h2-5,10,13H,6-7H2,1H3. The summed E-state index contributed by atoms with van der Waals surface area (Å²) in [5.74, 6) is 2.11. The van der Waals surface area contributed by atoms with Gasteiger partial charge in [0.2, 0.25) is 0 Å². The average molecular weight is 231 g/mol. The van der Waals surface area contributed by atoms with E-state index in [2.05, 4.69) is 21.5 Å². The quantitative estimate of drug-likeness (QED) is 0.866. The lowest BCUT2D eigenvalue weighted by Crippen LogP contribution is -2.08. The Bertz CT molecular complexity index is 499. The highest BCUT2D eigenvalue weighted by molar-refractivity contribution is 5.37. The number of hydrogen-bond donors (Lipinski definition) is 1. The Morgan fingerprint density at radius 2 is 2.29 bits per heavy atom. The van der Waals surface area contributed by atoms with Crippen LogP contribution in [0.4, 0.5) is 0 Å². The number of ether oxygens (including phenoxy) is 1. The van der Waals surface area contributed by atoms with Crippen molar-refractivity contribution < 1.29 is 9.26 Å². The number of nitrogens with zero attached hydrogens (tertiary/aromatic N) is 2. The van der Waals surface area contributed by atoms with E-state index in [0.717, 1.165) is 12.2 Å². The van der Waals surface area contributed by atoms with Gasteiger partial charge in [-0.15, -0.1) is 0 Å². The molecule has 0 fully saturated rings. The Labute approximate surface area is 98.8 Å². The second-order valence-corrected chi connectivity index (χ2v) is 4.00. The maximum absolute atomic E-state index is 5.77. The molecule has 0 bridgehead atoms. The molecule has 1 aromatic carbocycles. The number of benzene rings is 1. The van der Waals surface area contributed by atoms with Crippen molar-refractivity contribution in [3.63, 3.8) is 0 Å². The Hall–Kier alpha value is -1.88. The maximum Gasteiger partial charge on any atom is 0.268 e. The van der Waals surface area contributed by atoms with E-state index in [0.29, 0.717) is 18.3 Å². The molecule has 1 atom stereocenters. The van der Waals surface area contributed by atoms with E-state index in [1.165, 1.54) is 5.56 Å². The lowest BCUT2D eigenvalue weighted by Gasteiger charge is -2.03. The van der Waals surface area contributed by atoms with Crippen molar-refractivity contribution in [3.05, 3.63) is 41.5 Å². The first-order valence-electron chi connectivity index (χ1n) is 5.58. The maximum atomic E-state index is 5.77. The van der Waals surface area contributed by atoms with E-state index in [9.17, 15) is 0 Å². The van der Waals surface area contributed by atoms with Gasteiger partial charge in [-0.2, -0.15) is 4.98 Å². The van der Waals surface area contributed by atoms with Crippen molar-refractivity contribution in [2.45, 2.75) is 19.1 Å². The predicted octanol–water partition coefficient (Wildman–Crippen LogP) is 1.47. The van der Waals surface area contributed by atoms with Crippen LogP contribution in [0.15, 0.2) is 28.8 Å². The Balaban J connectivity index is 1.79. The van der Waals surface area contributed by atoms with Crippen LogP contribution in [0.5, 0.6) is 5.75 Å². The van der Waals surface area contributed by atoms with Crippen LogP contribution < -0.4 is 10.1 Å². The van der Waals surface area contributed by atoms with Crippen molar-refractivity contribution in [2.75, 3.05) is 7.05 Å². The third kappa shape index (κ3) is 1.89. The third-order valence-electron chi connectivity index (χ3n) is 2.74. The fraction of sp³-hybridized carbons (Fsp3) is 0.333. The summed E-state index contributed by atoms with van der Waals surface area (Å²) in [7, 11) is 1.85. The zero-order chi connectivity index (χ0) is 11.7. The summed E-state index contributed by atoms with van der Waals surface area (Å²) in [4.78, 5) is 4.30. The Morgan fingerprint density at radius 3 is 3.12 bits per heavy atom. The van der Waals surface area contributed by atoms with E-state index in [4.69, 9.17) is 9.26 Å². The van der Waals surface area contributed by atoms with Gasteiger partial charge in [-0.25, -0.2) is 0 Å². The molecule has 88 valence electrons. The van der Waals surface area contributed by atoms with Gasteiger partial charge in [-0.05, 0) is 18.7 Å². The second-order valence-electron chi connectivity index (χ2n) is 4.00. The van der Waals surface area contributed by atoms with E-state index in [-0.39, 0.29) is 6.10 Å². The number of rotatable bonds is 3. The van der Waals surface area contributed by atoms with Gasteiger partial charge in [-0.3, -0.25) is 0 Å². The molecule has 0 saturated carbocycles. The minimum atomic E-state index is -0.148.